The minimum Gasteiger partial charge on any atom is -0.395 e. The third-order valence-corrected chi connectivity index (χ3v) is 3.51. The van der Waals surface area contributed by atoms with Gasteiger partial charge in [0.15, 0.2) is 17.2 Å². The van der Waals surface area contributed by atoms with Crippen LogP contribution >= 0.6 is 0 Å². The number of rotatable bonds is 4. The number of halogens is 2. The zero-order chi connectivity index (χ0) is 18.4. The highest BCUT2D eigenvalue weighted by atomic mass is 19.3. The number of anilines is 1. The number of benzene rings is 1. The van der Waals surface area contributed by atoms with Gasteiger partial charge in [-0.1, -0.05) is 13.8 Å². The largest absolute Gasteiger partial charge is 0.586 e. The van der Waals surface area contributed by atoms with Crippen LogP contribution in [0, 0.1) is 0 Å². The molecule has 2 amide bonds. The van der Waals surface area contributed by atoms with Crippen molar-refractivity contribution in [2.75, 3.05) is 5.32 Å². The third kappa shape index (κ3) is 3.10. The van der Waals surface area contributed by atoms with Crippen molar-refractivity contribution in [3.8, 4) is 11.5 Å². The number of alkyl halides is 2. The summed E-state index contributed by atoms with van der Waals surface area (Å²) in [5, 5.41) is 8.99. The van der Waals surface area contributed by atoms with Crippen molar-refractivity contribution >= 4 is 17.5 Å². The molecule has 0 aliphatic carbocycles. The number of ether oxygens (including phenoxy) is 2. The van der Waals surface area contributed by atoms with Crippen molar-refractivity contribution in [3.05, 3.63) is 35.2 Å². The van der Waals surface area contributed by atoms with Crippen LogP contribution in [0.15, 0.2) is 18.2 Å². The van der Waals surface area contributed by atoms with Crippen LogP contribution in [0.2, 0.25) is 0 Å². The lowest BCUT2D eigenvalue weighted by Crippen LogP contribution is -2.25. The second-order valence-corrected chi connectivity index (χ2v) is 5.66. The van der Waals surface area contributed by atoms with E-state index in [0.29, 0.717) is 5.69 Å². The van der Waals surface area contributed by atoms with Crippen LogP contribution in [0.25, 0.3) is 0 Å². The van der Waals surface area contributed by atoms with Crippen LogP contribution in [0.5, 0.6) is 11.5 Å². The Balaban J connectivity index is 1.89. The Bertz CT molecular complexity index is 863. The number of carbonyl (C=O) groups is 2. The minimum atomic E-state index is -3.77. The maximum absolute atomic E-state index is 13.0. The van der Waals surface area contributed by atoms with Gasteiger partial charge >= 0.3 is 6.29 Å². The molecule has 0 saturated carbocycles. The van der Waals surface area contributed by atoms with E-state index in [1.54, 1.807) is 0 Å². The molecule has 4 N–H and O–H groups in total. The van der Waals surface area contributed by atoms with Crippen LogP contribution in [0.4, 0.5) is 14.5 Å². The second-order valence-electron chi connectivity index (χ2n) is 5.66. The highest BCUT2D eigenvalue weighted by Gasteiger charge is 2.43. The fourth-order valence-corrected chi connectivity index (χ4v) is 2.35. The summed E-state index contributed by atoms with van der Waals surface area (Å²) >= 11 is 0. The molecule has 2 heterocycles. The van der Waals surface area contributed by atoms with E-state index < -0.39 is 18.1 Å². The number of carbonyl (C=O) groups excluding carboxylic acids is 2. The Hall–Kier alpha value is -3.17. The molecule has 0 fully saturated rings. The molecule has 3 rings (SSSR count). The number of amides is 2. The van der Waals surface area contributed by atoms with E-state index in [2.05, 4.69) is 25.0 Å². The zero-order valence-corrected chi connectivity index (χ0v) is 13.2. The van der Waals surface area contributed by atoms with Crippen molar-refractivity contribution < 1.29 is 27.8 Å². The van der Waals surface area contributed by atoms with E-state index in [9.17, 15) is 18.4 Å². The molecule has 0 spiro atoms. The van der Waals surface area contributed by atoms with Gasteiger partial charge in [0, 0.05) is 5.56 Å². The highest BCUT2D eigenvalue weighted by molar-refractivity contribution is 6.08. The van der Waals surface area contributed by atoms with Gasteiger partial charge in [-0.15, -0.1) is 8.78 Å². The minimum absolute atomic E-state index is 0.0337. The van der Waals surface area contributed by atoms with Gasteiger partial charge in [-0.3, -0.25) is 14.7 Å². The summed E-state index contributed by atoms with van der Waals surface area (Å²) in [4.78, 5) is 23.9. The van der Waals surface area contributed by atoms with Gasteiger partial charge in [-0.2, -0.15) is 5.10 Å². The van der Waals surface area contributed by atoms with Gasteiger partial charge in [0.1, 0.15) is 0 Å². The number of primary amides is 1. The molecule has 1 aromatic heterocycles. The van der Waals surface area contributed by atoms with Gasteiger partial charge in [0.2, 0.25) is 0 Å². The van der Waals surface area contributed by atoms with Gasteiger partial charge < -0.3 is 20.5 Å². The van der Waals surface area contributed by atoms with Gasteiger partial charge in [0.05, 0.1) is 11.4 Å². The second kappa shape index (κ2) is 5.72. The summed E-state index contributed by atoms with van der Waals surface area (Å²) in [6, 6.07) is 3.60. The predicted octanol–water partition coefficient (Wildman–Crippen LogP) is 2.21. The van der Waals surface area contributed by atoms with Crippen LogP contribution in [0.1, 0.15) is 46.3 Å². The number of aromatic amines is 1. The van der Waals surface area contributed by atoms with Crippen molar-refractivity contribution in [1.82, 2.24) is 10.2 Å². The average Bonchev–Trinajstić information content (AvgIpc) is 3.05. The molecule has 0 saturated heterocycles. The van der Waals surface area contributed by atoms with E-state index in [1.165, 1.54) is 12.1 Å². The summed E-state index contributed by atoms with van der Waals surface area (Å²) in [6.07, 6.45) is -3.77. The number of nitrogens with two attached hydrogens (primary N) is 1. The van der Waals surface area contributed by atoms with Crippen LogP contribution in [0.3, 0.4) is 0 Å². The maximum Gasteiger partial charge on any atom is 0.586 e. The molecule has 0 bridgehead atoms. The Labute approximate surface area is 140 Å². The van der Waals surface area contributed by atoms with E-state index in [0.717, 1.165) is 6.07 Å². The van der Waals surface area contributed by atoms with Gasteiger partial charge in [-0.05, 0) is 24.1 Å². The first-order valence-corrected chi connectivity index (χ1v) is 7.27. The van der Waals surface area contributed by atoms with Crippen molar-refractivity contribution in [3.63, 3.8) is 0 Å². The summed E-state index contributed by atoms with van der Waals surface area (Å²) in [5.41, 5.74) is 5.82. The lowest BCUT2D eigenvalue weighted by atomic mass is 10.1. The monoisotopic (exact) mass is 352 g/mol. The number of hydrogen-bond donors (Lipinski definition) is 3. The van der Waals surface area contributed by atoms with Crippen LogP contribution in [-0.2, 0) is 0 Å². The first-order chi connectivity index (χ1) is 11.7. The van der Waals surface area contributed by atoms with E-state index in [4.69, 9.17) is 5.73 Å². The molecule has 1 aromatic carbocycles. The highest BCUT2D eigenvalue weighted by Crippen LogP contribution is 2.41. The number of H-pyrrole nitrogens is 1. The standard InChI is InChI=1S/C15H14F2N4O4/c1-6(2)10-11(12(13(18)22)21-20-10)19-14(23)7-3-4-8-9(5-7)25-15(16,17)24-8/h3-6H,1-2H3,(H2,18,22)(H,19,23)(H,20,21). The van der Waals surface area contributed by atoms with Crippen LogP contribution in [-0.4, -0.2) is 28.3 Å². The molecule has 25 heavy (non-hydrogen) atoms. The van der Waals surface area contributed by atoms with Crippen molar-refractivity contribution in [2.45, 2.75) is 26.1 Å². The van der Waals surface area contributed by atoms with Crippen LogP contribution < -0.4 is 20.5 Å². The number of nitrogens with zero attached hydrogens (tertiary/aromatic N) is 1. The first kappa shape index (κ1) is 16.7. The summed E-state index contributed by atoms with van der Waals surface area (Å²) in [7, 11) is 0. The molecular weight excluding hydrogens is 338 g/mol. The number of nitrogens with one attached hydrogen (secondary N) is 2. The summed E-state index contributed by atoms with van der Waals surface area (Å²) in [5.74, 6) is -1.97. The van der Waals surface area contributed by atoms with E-state index in [-0.39, 0.29) is 34.4 Å². The molecule has 2 aromatic rings. The number of aromatic nitrogens is 2. The van der Waals surface area contributed by atoms with Crippen molar-refractivity contribution in [1.29, 1.82) is 0 Å². The van der Waals surface area contributed by atoms with Gasteiger partial charge in [-0.25, -0.2) is 0 Å². The Morgan fingerprint density at radius 2 is 1.96 bits per heavy atom. The summed E-state index contributed by atoms with van der Waals surface area (Å²) < 4.78 is 34.7. The van der Waals surface area contributed by atoms with E-state index >= 15 is 0 Å². The number of hydrogen-bond acceptors (Lipinski definition) is 5. The fourth-order valence-electron chi connectivity index (χ4n) is 2.35. The Morgan fingerprint density at radius 3 is 2.60 bits per heavy atom. The Kier molecular flexibility index (Phi) is 3.82. The lowest BCUT2D eigenvalue weighted by molar-refractivity contribution is -0.286. The molecule has 132 valence electrons. The molecule has 0 radical (unpaired) electrons. The van der Waals surface area contributed by atoms with E-state index in [1.807, 2.05) is 13.8 Å². The molecule has 8 nitrogen and oxygen atoms in total. The normalized spacial score (nSPS) is 14.6. The fraction of sp³-hybridized carbons (Fsp3) is 0.267. The average molecular weight is 352 g/mol. The molecule has 0 atom stereocenters. The maximum atomic E-state index is 13.0. The SMILES string of the molecule is CC(C)c1[nH]nc(C(N)=O)c1NC(=O)c1ccc2c(c1)OC(F)(F)O2. The molecule has 1 aliphatic heterocycles. The topological polar surface area (TPSA) is 119 Å². The smallest absolute Gasteiger partial charge is 0.395 e. The third-order valence-electron chi connectivity index (χ3n) is 3.51. The first-order valence-electron chi connectivity index (χ1n) is 7.27. The molecule has 1 aliphatic rings. The lowest BCUT2D eigenvalue weighted by Gasteiger charge is -2.09. The summed E-state index contributed by atoms with van der Waals surface area (Å²) in [6.45, 7) is 3.66. The molecule has 0 unspecified atom stereocenters. The zero-order valence-electron chi connectivity index (χ0n) is 13.2. The molecule has 10 heteroatoms. The number of fused-ring (bicyclic) bond motifs is 1. The van der Waals surface area contributed by atoms with Crippen molar-refractivity contribution in [2.24, 2.45) is 5.73 Å². The quantitative estimate of drug-likeness (QED) is 0.779. The Morgan fingerprint density at radius 1 is 1.28 bits per heavy atom. The predicted molar refractivity (Wildman–Crippen MR) is 81.8 cm³/mol. The van der Waals surface area contributed by atoms with Gasteiger partial charge in [0.25, 0.3) is 11.8 Å². The molecular formula is C15H14F2N4O4.